The monoisotopic (exact) mass is 570 g/mol. The molecule has 0 bridgehead atoms. The van der Waals surface area contributed by atoms with Gasteiger partial charge in [0.2, 0.25) is 11.8 Å². The summed E-state index contributed by atoms with van der Waals surface area (Å²) in [6.07, 6.45) is 12.3. The maximum Gasteiger partial charge on any atom is 0.304 e. The first-order valence-corrected chi connectivity index (χ1v) is 15.4. The average molecular weight is 571 g/mol. The van der Waals surface area contributed by atoms with Crippen LogP contribution in [-0.4, -0.2) is 45.9 Å². The molecule has 4 heterocycles. The van der Waals surface area contributed by atoms with Gasteiger partial charge in [-0.1, -0.05) is 62.1 Å². The van der Waals surface area contributed by atoms with Crippen molar-refractivity contribution in [3.63, 3.8) is 0 Å². The molecule has 1 saturated carbocycles. The molecule has 2 aliphatic heterocycles. The fraction of sp³-hybridized carbons (Fsp3) is 0.406. The number of allylic oxidation sites excluding steroid dienone is 1. The first-order valence-electron chi connectivity index (χ1n) is 14.5. The highest BCUT2D eigenvalue weighted by Gasteiger charge is 2.39. The van der Waals surface area contributed by atoms with E-state index in [-0.39, 0.29) is 24.2 Å². The van der Waals surface area contributed by atoms with E-state index >= 15 is 0 Å². The summed E-state index contributed by atoms with van der Waals surface area (Å²) < 4.78 is 0. The number of nitrogens with zero attached hydrogens (tertiary/aromatic N) is 4. The number of rotatable bonds is 7. The van der Waals surface area contributed by atoms with Crippen LogP contribution in [0.4, 0.5) is 10.9 Å². The van der Waals surface area contributed by atoms with E-state index in [9.17, 15) is 19.5 Å². The Morgan fingerprint density at radius 1 is 1.00 bits per heavy atom. The van der Waals surface area contributed by atoms with Crippen LogP contribution in [0.5, 0.6) is 0 Å². The minimum absolute atomic E-state index is 0.0339. The normalized spacial score (nSPS) is 21.9. The van der Waals surface area contributed by atoms with Gasteiger partial charge in [-0.25, -0.2) is 9.97 Å². The van der Waals surface area contributed by atoms with Crippen molar-refractivity contribution in [1.29, 1.82) is 0 Å². The van der Waals surface area contributed by atoms with Crippen molar-refractivity contribution in [3.8, 4) is 22.4 Å². The van der Waals surface area contributed by atoms with Gasteiger partial charge in [-0.15, -0.1) is 11.3 Å². The number of thiazole rings is 1. The van der Waals surface area contributed by atoms with E-state index in [1.165, 1.54) is 11.3 Å². The van der Waals surface area contributed by atoms with E-state index in [1.54, 1.807) is 16.0 Å². The molecule has 1 N–H and O–H groups in total. The molecule has 0 radical (unpaired) electrons. The second kappa shape index (κ2) is 11.9. The molecular weight excluding hydrogens is 536 g/mol. The van der Waals surface area contributed by atoms with Gasteiger partial charge in [-0.05, 0) is 42.4 Å². The Morgan fingerprint density at radius 2 is 1.80 bits per heavy atom. The number of benzene rings is 1. The number of aromatic nitrogens is 2. The second-order valence-electron chi connectivity index (χ2n) is 11.2. The molecule has 0 spiro atoms. The van der Waals surface area contributed by atoms with E-state index in [0.717, 1.165) is 60.9 Å². The van der Waals surface area contributed by atoms with Crippen molar-refractivity contribution in [1.82, 2.24) is 9.97 Å². The molecule has 0 unspecified atom stereocenters. The molecule has 3 aliphatic rings. The zero-order valence-corrected chi connectivity index (χ0v) is 23.8. The van der Waals surface area contributed by atoms with Gasteiger partial charge in [-0.2, -0.15) is 0 Å². The van der Waals surface area contributed by atoms with E-state index in [4.69, 9.17) is 4.98 Å². The highest BCUT2D eigenvalue weighted by Crippen LogP contribution is 2.41. The molecule has 41 heavy (non-hydrogen) atoms. The molecular formula is C32H34N4O4S. The summed E-state index contributed by atoms with van der Waals surface area (Å²) in [6.45, 7) is 1.07. The topological polar surface area (TPSA) is 104 Å². The Balaban J connectivity index is 1.28. The van der Waals surface area contributed by atoms with Crippen LogP contribution >= 0.6 is 11.3 Å². The zero-order valence-electron chi connectivity index (χ0n) is 22.9. The van der Waals surface area contributed by atoms with Crippen molar-refractivity contribution in [2.45, 2.75) is 51.4 Å². The van der Waals surface area contributed by atoms with Crippen molar-refractivity contribution < 1.29 is 19.5 Å². The fourth-order valence-electron chi connectivity index (χ4n) is 6.64. The predicted molar refractivity (Wildman–Crippen MR) is 160 cm³/mol. The van der Waals surface area contributed by atoms with Crippen LogP contribution in [0.3, 0.4) is 0 Å². The minimum atomic E-state index is -0.932. The minimum Gasteiger partial charge on any atom is -0.481 e. The molecule has 1 aromatic carbocycles. The van der Waals surface area contributed by atoms with E-state index in [1.807, 2.05) is 47.9 Å². The van der Waals surface area contributed by atoms with Crippen LogP contribution in [0, 0.1) is 17.8 Å². The molecule has 2 atom stereocenters. The van der Waals surface area contributed by atoms with Crippen molar-refractivity contribution in [2.24, 2.45) is 17.8 Å². The van der Waals surface area contributed by atoms with Gasteiger partial charge in [0.15, 0.2) is 5.13 Å². The third-order valence-electron chi connectivity index (χ3n) is 8.70. The Bertz CT molecular complexity index is 1460. The van der Waals surface area contributed by atoms with Crippen LogP contribution in [0.2, 0.25) is 0 Å². The van der Waals surface area contributed by atoms with Crippen LogP contribution in [0.15, 0.2) is 60.1 Å². The highest BCUT2D eigenvalue weighted by atomic mass is 32.1. The molecule has 1 aliphatic carbocycles. The Hall–Kier alpha value is -3.85. The molecule has 2 amide bonds. The van der Waals surface area contributed by atoms with Crippen LogP contribution < -0.4 is 9.80 Å². The number of aliphatic carboxylic acids is 1. The van der Waals surface area contributed by atoms with Crippen molar-refractivity contribution in [3.05, 3.63) is 60.1 Å². The lowest BCUT2D eigenvalue weighted by molar-refractivity contribution is -0.142. The molecule has 2 fully saturated rings. The summed E-state index contributed by atoms with van der Waals surface area (Å²) in [6, 6.07) is 11.8. The van der Waals surface area contributed by atoms with E-state index in [2.05, 4.69) is 11.1 Å². The first-order chi connectivity index (χ1) is 20.0. The quantitative estimate of drug-likeness (QED) is 0.340. The maximum absolute atomic E-state index is 14.0. The smallest absolute Gasteiger partial charge is 0.304 e. The summed E-state index contributed by atoms with van der Waals surface area (Å²) in [4.78, 5) is 50.9. The summed E-state index contributed by atoms with van der Waals surface area (Å²) in [5.41, 5.74) is 3.54. The number of hydrogen-bond acceptors (Lipinski definition) is 6. The van der Waals surface area contributed by atoms with Gasteiger partial charge in [0, 0.05) is 42.2 Å². The van der Waals surface area contributed by atoms with Crippen LogP contribution in [0.25, 0.3) is 22.4 Å². The number of pyridine rings is 1. The van der Waals surface area contributed by atoms with Gasteiger partial charge in [0.25, 0.3) is 0 Å². The predicted octanol–water partition coefficient (Wildman–Crippen LogP) is 6.19. The van der Waals surface area contributed by atoms with Gasteiger partial charge in [0.1, 0.15) is 5.82 Å². The number of amides is 2. The number of carbonyl (C=O) groups excluding carboxylic acids is 2. The SMILES string of the molecule is O=C(O)C[C@@H]1C(=O)N(c2nc(-c3ccccc3-c3ccc(N4CCCC4=O)nc3)cs2)CC=CC[C@H]1C1CCCC1. The third kappa shape index (κ3) is 5.68. The third-order valence-corrected chi connectivity index (χ3v) is 9.56. The van der Waals surface area contributed by atoms with Gasteiger partial charge in [-0.3, -0.25) is 24.2 Å². The summed E-state index contributed by atoms with van der Waals surface area (Å²) in [5, 5.41) is 12.3. The van der Waals surface area contributed by atoms with Gasteiger partial charge < -0.3 is 5.11 Å². The largest absolute Gasteiger partial charge is 0.481 e. The number of hydrogen-bond donors (Lipinski definition) is 1. The number of anilines is 2. The number of carbonyl (C=O) groups is 3. The standard InChI is InChI=1S/C32H34N4O4S/c37-29-13-7-17-35(29)28-15-14-22(19-33-28)24-10-3-4-12-25(24)27-20-41-32(34-27)36-16-6-5-11-23(21-8-1-2-9-21)26(31(36)40)18-30(38)39/h3-6,10,12,14-15,19-21,23,26H,1-2,7-9,11,13,16-18H2,(H,38,39)/t23-,26-/m0/s1. The van der Waals surface area contributed by atoms with Gasteiger partial charge in [0.05, 0.1) is 18.0 Å². The zero-order chi connectivity index (χ0) is 28.3. The molecule has 6 rings (SSSR count). The molecule has 212 valence electrons. The Morgan fingerprint density at radius 3 is 2.51 bits per heavy atom. The Labute approximate surface area is 243 Å². The lowest BCUT2D eigenvalue weighted by atomic mass is 9.75. The van der Waals surface area contributed by atoms with Crippen LogP contribution in [0.1, 0.15) is 51.4 Å². The lowest BCUT2D eigenvalue weighted by Gasteiger charge is -2.34. The average Bonchev–Trinajstić information content (AvgIpc) is 3.76. The van der Waals surface area contributed by atoms with Crippen molar-refractivity contribution in [2.75, 3.05) is 22.9 Å². The molecule has 9 heteroatoms. The lowest BCUT2D eigenvalue weighted by Crippen LogP contribution is -2.43. The fourth-order valence-corrected chi connectivity index (χ4v) is 7.48. The highest BCUT2D eigenvalue weighted by molar-refractivity contribution is 7.14. The van der Waals surface area contributed by atoms with E-state index < -0.39 is 11.9 Å². The molecule has 2 aromatic heterocycles. The van der Waals surface area contributed by atoms with Gasteiger partial charge >= 0.3 is 5.97 Å². The Kier molecular flexibility index (Phi) is 7.96. The van der Waals surface area contributed by atoms with E-state index in [0.29, 0.717) is 36.4 Å². The summed E-state index contributed by atoms with van der Waals surface area (Å²) >= 11 is 1.40. The summed E-state index contributed by atoms with van der Waals surface area (Å²) in [7, 11) is 0. The first kappa shape index (κ1) is 27.3. The molecule has 1 saturated heterocycles. The number of carboxylic acid groups (broad SMARTS) is 1. The maximum atomic E-state index is 14.0. The van der Waals surface area contributed by atoms with Crippen LogP contribution in [-0.2, 0) is 14.4 Å². The second-order valence-corrected chi connectivity index (χ2v) is 12.0. The molecule has 3 aromatic rings. The number of carboxylic acids is 1. The summed E-state index contributed by atoms with van der Waals surface area (Å²) in [5.74, 6) is -0.443. The van der Waals surface area contributed by atoms with Crippen molar-refractivity contribution >= 4 is 40.1 Å². The molecule has 8 nitrogen and oxygen atoms in total.